The third-order valence-electron chi connectivity index (χ3n) is 6.60. The Hall–Kier alpha value is -3.81. The molecule has 5 nitrogen and oxygen atoms in total. The summed E-state index contributed by atoms with van der Waals surface area (Å²) in [6.07, 6.45) is 3.75. The average molecular weight is 565 g/mol. The summed E-state index contributed by atoms with van der Waals surface area (Å²) in [5, 5.41) is 3.00. The van der Waals surface area contributed by atoms with Crippen LogP contribution in [0.2, 0.25) is 5.02 Å². The van der Waals surface area contributed by atoms with E-state index in [9.17, 15) is 18.4 Å². The minimum atomic E-state index is -0.593. The molecule has 0 radical (unpaired) electrons. The van der Waals surface area contributed by atoms with Crippen molar-refractivity contribution in [3.8, 4) is 5.75 Å². The zero-order valence-corrected chi connectivity index (χ0v) is 23.4. The average Bonchev–Trinajstić information content (AvgIpc) is 2.91. The van der Waals surface area contributed by atoms with Crippen LogP contribution in [0.5, 0.6) is 5.75 Å². The minimum Gasteiger partial charge on any atom is -0.492 e. The zero-order valence-electron chi connectivity index (χ0n) is 22.6. The number of carbonyl (C=O) groups is 2. The van der Waals surface area contributed by atoms with Crippen LogP contribution in [0.4, 0.5) is 8.78 Å². The molecule has 1 amide bonds. The Morgan fingerprint density at radius 1 is 0.975 bits per heavy atom. The van der Waals surface area contributed by atoms with Crippen molar-refractivity contribution in [3.63, 3.8) is 0 Å². The van der Waals surface area contributed by atoms with Gasteiger partial charge in [0.05, 0.1) is 5.02 Å². The molecule has 0 saturated heterocycles. The lowest BCUT2D eigenvalue weighted by atomic mass is 9.83. The first kappa shape index (κ1) is 29.2. The maximum Gasteiger partial charge on any atom is 0.251 e. The minimum absolute atomic E-state index is 0.0154. The first-order valence-electron chi connectivity index (χ1n) is 12.9. The Kier molecular flexibility index (Phi) is 9.50. The van der Waals surface area contributed by atoms with Crippen LogP contribution in [0.3, 0.4) is 0 Å². The Balaban J connectivity index is 1.57. The number of rotatable bonds is 8. The Bertz CT molecular complexity index is 1390. The van der Waals surface area contributed by atoms with Gasteiger partial charge in [-0.1, -0.05) is 29.8 Å². The van der Waals surface area contributed by atoms with Gasteiger partial charge in [0.2, 0.25) is 0 Å². The first-order chi connectivity index (χ1) is 19.1. The molecule has 4 rings (SSSR count). The van der Waals surface area contributed by atoms with Crippen molar-refractivity contribution in [2.24, 2.45) is 0 Å². The van der Waals surface area contributed by atoms with E-state index in [0.717, 1.165) is 6.54 Å². The van der Waals surface area contributed by atoms with Crippen LogP contribution < -0.4 is 10.1 Å². The fourth-order valence-electron chi connectivity index (χ4n) is 4.37. The maximum absolute atomic E-state index is 14.2. The van der Waals surface area contributed by atoms with Gasteiger partial charge < -0.3 is 15.0 Å². The highest BCUT2D eigenvalue weighted by atomic mass is 35.5. The molecule has 0 bridgehead atoms. The SMILES string of the molecule is Cc1ccc(/C=C2\CC(NC(=O)c3ccc(OCCN(C)C)cc3)C/C(=C\c3ccc(Cl)c(F)c3)C2=O)cc1F. The number of aryl methyl sites for hydroxylation is 1. The molecule has 1 N–H and O–H groups in total. The van der Waals surface area contributed by atoms with Crippen molar-refractivity contribution < 1.29 is 23.1 Å². The van der Waals surface area contributed by atoms with Gasteiger partial charge in [-0.15, -0.1) is 0 Å². The monoisotopic (exact) mass is 564 g/mol. The van der Waals surface area contributed by atoms with Crippen molar-refractivity contribution in [1.29, 1.82) is 0 Å². The molecule has 1 unspecified atom stereocenters. The van der Waals surface area contributed by atoms with E-state index in [0.29, 0.717) is 45.8 Å². The molecule has 3 aromatic carbocycles. The van der Waals surface area contributed by atoms with E-state index in [-0.39, 0.29) is 35.4 Å². The molecule has 1 aliphatic carbocycles. The molecule has 3 aromatic rings. The topological polar surface area (TPSA) is 58.6 Å². The van der Waals surface area contributed by atoms with Crippen LogP contribution in [0.15, 0.2) is 71.8 Å². The van der Waals surface area contributed by atoms with Crippen molar-refractivity contribution >= 4 is 35.4 Å². The highest BCUT2D eigenvalue weighted by Gasteiger charge is 2.29. The number of amides is 1. The molecule has 0 spiro atoms. The zero-order chi connectivity index (χ0) is 28.8. The van der Waals surface area contributed by atoms with Gasteiger partial charge in [0, 0.05) is 29.3 Å². The predicted molar refractivity (Wildman–Crippen MR) is 154 cm³/mol. The van der Waals surface area contributed by atoms with Gasteiger partial charge in [-0.3, -0.25) is 9.59 Å². The Morgan fingerprint density at radius 3 is 2.15 bits per heavy atom. The molecule has 1 aliphatic rings. The number of benzene rings is 3. The molecule has 8 heteroatoms. The van der Waals surface area contributed by atoms with E-state index >= 15 is 0 Å². The van der Waals surface area contributed by atoms with E-state index in [1.807, 2.05) is 19.0 Å². The third kappa shape index (κ3) is 7.64. The number of hydrogen-bond acceptors (Lipinski definition) is 4. The summed E-state index contributed by atoms with van der Waals surface area (Å²) in [6.45, 7) is 2.96. The second kappa shape index (κ2) is 13.0. The van der Waals surface area contributed by atoms with E-state index in [1.165, 1.54) is 18.2 Å². The van der Waals surface area contributed by atoms with Crippen LogP contribution in [-0.2, 0) is 4.79 Å². The van der Waals surface area contributed by atoms with Crippen LogP contribution >= 0.6 is 11.6 Å². The van der Waals surface area contributed by atoms with Gasteiger partial charge in [-0.25, -0.2) is 8.78 Å². The van der Waals surface area contributed by atoms with E-state index < -0.39 is 11.9 Å². The summed E-state index contributed by atoms with van der Waals surface area (Å²) in [5.41, 5.74) is 2.80. The molecule has 1 saturated carbocycles. The summed E-state index contributed by atoms with van der Waals surface area (Å²) in [5.74, 6) is -0.830. The number of nitrogens with one attached hydrogen (secondary N) is 1. The summed E-state index contributed by atoms with van der Waals surface area (Å²) >= 11 is 5.82. The van der Waals surface area contributed by atoms with Crippen molar-refractivity contribution in [1.82, 2.24) is 10.2 Å². The van der Waals surface area contributed by atoms with Gasteiger partial charge in [0.1, 0.15) is 24.0 Å². The molecular weight excluding hydrogens is 534 g/mol. The van der Waals surface area contributed by atoms with E-state index in [2.05, 4.69) is 5.32 Å². The number of nitrogens with zero attached hydrogens (tertiary/aromatic N) is 1. The van der Waals surface area contributed by atoms with Gasteiger partial charge >= 0.3 is 0 Å². The summed E-state index contributed by atoms with van der Waals surface area (Å²) in [4.78, 5) is 28.5. The van der Waals surface area contributed by atoms with Gasteiger partial charge in [-0.05, 0) is 105 Å². The number of ether oxygens (including phenoxy) is 1. The fraction of sp³-hybridized carbons (Fsp3) is 0.250. The molecule has 0 heterocycles. The lowest BCUT2D eigenvalue weighted by molar-refractivity contribution is -0.113. The largest absolute Gasteiger partial charge is 0.492 e. The van der Waals surface area contributed by atoms with Crippen molar-refractivity contribution in [2.45, 2.75) is 25.8 Å². The lowest BCUT2D eigenvalue weighted by Crippen LogP contribution is -2.39. The second-order valence-corrected chi connectivity index (χ2v) is 10.5. The second-order valence-electron chi connectivity index (χ2n) is 10.1. The van der Waals surface area contributed by atoms with Gasteiger partial charge in [0.15, 0.2) is 5.78 Å². The quantitative estimate of drug-likeness (QED) is 0.318. The number of ketones is 1. The number of hydrogen-bond donors (Lipinski definition) is 1. The van der Waals surface area contributed by atoms with Crippen molar-refractivity contribution in [2.75, 3.05) is 27.2 Å². The number of Topliss-reactive ketones (excluding diaryl/α,β-unsaturated/α-hetero) is 1. The summed E-state index contributed by atoms with van der Waals surface area (Å²) < 4.78 is 34.0. The molecular formula is C32H31ClF2N2O3. The van der Waals surface area contributed by atoms with E-state index in [4.69, 9.17) is 16.3 Å². The van der Waals surface area contributed by atoms with Crippen LogP contribution in [0.1, 0.15) is 39.9 Å². The lowest BCUT2D eigenvalue weighted by Gasteiger charge is -2.27. The predicted octanol–water partition coefficient (Wildman–Crippen LogP) is 6.50. The highest BCUT2D eigenvalue weighted by molar-refractivity contribution is 6.30. The van der Waals surface area contributed by atoms with Gasteiger partial charge in [0.25, 0.3) is 5.91 Å². The molecule has 40 heavy (non-hydrogen) atoms. The number of carbonyl (C=O) groups excluding carboxylic acids is 2. The Morgan fingerprint density at radius 2 is 1.57 bits per heavy atom. The maximum atomic E-state index is 14.2. The molecule has 208 valence electrons. The van der Waals surface area contributed by atoms with Gasteiger partial charge in [-0.2, -0.15) is 0 Å². The van der Waals surface area contributed by atoms with Crippen molar-refractivity contribution in [3.05, 3.63) is 111 Å². The molecule has 0 aliphatic heterocycles. The number of halogens is 3. The highest BCUT2D eigenvalue weighted by Crippen LogP contribution is 2.30. The third-order valence-corrected chi connectivity index (χ3v) is 6.90. The smallest absolute Gasteiger partial charge is 0.251 e. The van der Waals surface area contributed by atoms with Crippen LogP contribution in [-0.4, -0.2) is 49.9 Å². The molecule has 1 fully saturated rings. The standard InChI is InChI=1S/C32H31ClF2N2O3/c1-20-4-5-21(16-29(20)34)14-24-18-26(19-25(31(24)38)15-22-6-11-28(33)30(35)17-22)36-32(39)23-7-9-27(10-8-23)40-13-12-37(2)3/h4-11,14-17,26H,12-13,18-19H2,1-3H3,(H,36,39)/b24-14+,25-15+. The molecule has 0 aromatic heterocycles. The Labute approximate surface area is 238 Å². The first-order valence-corrected chi connectivity index (χ1v) is 13.3. The molecule has 1 atom stereocenters. The van der Waals surface area contributed by atoms with Crippen LogP contribution in [0, 0.1) is 18.6 Å². The normalized spacial score (nSPS) is 17.5. The number of likely N-dealkylation sites (N-methyl/N-ethyl adjacent to an activating group) is 1. The van der Waals surface area contributed by atoms with Crippen LogP contribution in [0.25, 0.3) is 12.2 Å². The fourth-order valence-corrected chi connectivity index (χ4v) is 4.48. The summed E-state index contributed by atoms with van der Waals surface area (Å²) in [7, 11) is 3.92. The van der Waals surface area contributed by atoms with E-state index in [1.54, 1.807) is 61.5 Å². The summed E-state index contributed by atoms with van der Waals surface area (Å²) in [6, 6.07) is 15.5.